The van der Waals surface area contributed by atoms with Gasteiger partial charge >= 0.3 is 0 Å². The lowest BCUT2D eigenvalue weighted by Gasteiger charge is -2.35. The van der Waals surface area contributed by atoms with Crippen LogP contribution in [0.25, 0.3) is 11.5 Å². The first-order valence-electron chi connectivity index (χ1n) is 6.88. The Morgan fingerprint density at radius 3 is 2.71 bits per heavy atom. The summed E-state index contributed by atoms with van der Waals surface area (Å²) >= 11 is 0. The number of rotatable bonds is 4. The number of sulfonamides is 1. The molecular formula is C13H14N4O3S. The molecule has 21 heavy (non-hydrogen) atoms. The zero-order valence-electron chi connectivity index (χ0n) is 11.2. The fourth-order valence-corrected chi connectivity index (χ4v) is 4.31. The smallest absolute Gasteiger partial charge is 0.232 e. The normalized spacial score (nSPS) is 20.4. The van der Waals surface area contributed by atoms with Crippen molar-refractivity contribution in [2.45, 2.75) is 24.0 Å². The zero-order chi connectivity index (χ0) is 14.4. The summed E-state index contributed by atoms with van der Waals surface area (Å²) in [7, 11) is -3.08. The molecule has 0 spiro atoms. The van der Waals surface area contributed by atoms with Gasteiger partial charge in [-0.25, -0.2) is 8.42 Å². The summed E-state index contributed by atoms with van der Waals surface area (Å²) in [6.45, 7) is 0.866. The lowest BCUT2D eigenvalue weighted by Crippen LogP contribution is -2.49. The Hall–Kier alpha value is -1.80. The third kappa shape index (κ3) is 2.24. The van der Waals surface area contributed by atoms with Crippen molar-refractivity contribution in [2.24, 2.45) is 0 Å². The Bertz CT molecular complexity index is 749. The second kappa shape index (κ2) is 4.60. The van der Waals surface area contributed by atoms with E-state index in [2.05, 4.69) is 15.1 Å². The first-order valence-corrected chi connectivity index (χ1v) is 8.39. The van der Waals surface area contributed by atoms with Gasteiger partial charge in [0.15, 0.2) is 0 Å². The molecule has 0 radical (unpaired) electrons. The molecular weight excluding hydrogens is 292 g/mol. The lowest BCUT2D eigenvalue weighted by atomic mass is 10.0. The average Bonchev–Trinajstić information content (AvgIpc) is 3.19. The van der Waals surface area contributed by atoms with E-state index in [-0.39, 0.29) is 11.2 Å². The number of pyridine rings is 1. The molecule has 0 atom stereocenters. The van der Waals surface area contributed by atoms with Crippen molar-refractivity contribution in [3.05, 3.63) is 30.3 Å². The third-order valence-electron chi connectivity index (χ3n) is 3.84. The highest BCUT2D eigenvalue weighted by Gasteiger charge is 2.46. The molecule has 110 valence electrons. The monoisotopic (exact) mass is 306 g/mol. The van der Waals surface area contributed by atoms with E-state index in [9.17, 15) is 8.42 Å². The Morgan fingerprint density at radius 2 is 2.05 bits per heavy atom. The summed E-state index contributed by atoms with van der Waals surface area (Å²) < 4.78 is 30.8. The molecule has 2 aromatic heterocycles. The summed E-state index contributed by atoms with van der Waals surface area (Å²) in [5.74, 6) is 0.912. The first kappa shape index (κ1) is 12.9. The molecule has 1 aliphatic carbocycles. The minimum absolute atomic E-state index is 0.0107. The van der Waals surface area contributed by atoms with E-state index in [0.29, 0.717) is 30.5 Å². The van der Waals surface area contributed by atoms with E-state index in [1.165, 1.54) is 4.31 Å². The van der Waals surface area contributed by atoms with Gasteiger partial charge in [-0.2, -0.15) is 9.29 Å². The topological polar surface area (TPSA) is 89.2 Å². The van der Waals surface area contributed by atoms with Gasteiger partial charge in [-0.15, -0.1) is 0 Å². The Morgan fingerprint density at radius 1 is 1.24 bits per heavy atom. The van der Waals surface area contributed by atoms with Crippen molar-refractivity contribution in [3.8, 4) is 11.5 Å². The predicted octanol–water partition coefficient (Wildman–Crippen LogP) is 1.02. The van der Waals surface area contributed by atoms with Gasteiger partial charge in [0.2, 0.25) is 21.7 Å². The van der Waals surface area contributed by atoms with Crippen LogP contribution in [-0.2, 0) is 10.0 Å². The van der Waals surface area contributed by atoms with Crippen LogP contribution in [0, 0.1) is 0 Å². The Labute approximate surface area is 122 Å². The van der Waals surface area contributed by atoms with Crippen LogP contribution in [0.1, 0.15) is 24.7 Å². The van der Waals surface area contributed by atoms with Crippen LogP contribution in [0.2, 0.25) is 0 Å². The van der Waals surface area contributed by atoms with Gasteiger partial charge in [0.25, 0.3) is 0 Å². The molecule has 2 fully saturated rings. The van der Waals surface area contributed by atoms with Crippen molar-refractivity contribution in [1.82, 2.24) is 19.4 Å². The molecule has 8 heteroatoms. The Kier molecular flexibility index (Phi) is 2.83. The number of nitrogens with zero attached hydrogens (tertiary/aromatic N) is 4. The fourth-order valence-electron chi connectivity index (χ4n) is 2.38. The molecule has 0 amide bonds. The highest BCUT2D eigenvalue weighted by atomic mass is 32.2. The van der Waals surface area contributed by atoms with Gasteiger partial charge in [-0.05, 0) is 25.0 Å². The molecule has 1 saturated heterocycles. The van der Waals surface area contributed by atoms with E-state index in [4.69, 9.17) is 4.52 Å². The second-order valence-electron chi connectivity index (χ2n) is 5.43. The maximum absolute atomic E-state index is 12.0. The number of hydrogen-bond acceptors (Lipinski definition) is 6. The van der Waals surface area contributed by atoms with Crippen molar-refractivity contribution in [1.29, 1.82) is 0 Å². The van der Waals surface area contributed by atoms with Crippen molar-refractivity contribution in [3.63, 3.8) is 0 Å². The molecule has 0 N–H and O–H groups in total. The highest BCUT2D eigenvalue weighted by molar-refractivity contribution is 7.90. The van der Waals surface area contributed by atoms with Crippen LogP contribution in [-0.4, -0.2) is 46.2 Å². The summed E-state index contributed by atoms with van der Waals surface area (Å²) in [6, 6.07) is 5.47. The van der Waals surface area contributed by atoms with Gasteiger partial charge in [-0.3, -0.25) is 4.98 Å². The second-order valence-corrected chi connectivity index (χ2v) is 7.64. The van der Waals surface area contributed by atoms with Crippen LogP contribution in [0.3, 0.4) is 0 Å². The molecule has 2 aliphatic rings. The van der Waals surface area contributed by atoms with Crippen LogP contribution >= 0.6 is 0 Å². The molecule has 2 aromatic rings. The third-order valence-corrected chi connectivity index (χ3v) is 6.17. The van der Waals surface area contributed by atoms with E-state index >= 15 is 0 Å². The van der Waals surface area contributed by atoms with E-state index in [1.54, 1.807) is 12.3 Å². The maximum Gasteiger partial charge on any atom is 0.232 e. The quantitative estimate of drug-likeness (QED) is 0.838. The fraction of sp³-hybridized carbons (Fsp3) is 0.462. The van der Waals surface area contributed by atoms with Gasteiger partial charge < -0.3 is 4.52 Å². The van der Waals surface area contributed by atoms with Gasteiger partial charge in [0.1, 0.15) is 5.69 Å². The first-order chi connectivity index (χ1) is 10.1. The maximum atomic E-state index is 12.0. The highest BCUT2D eigenvalue weighted by Crippen LogP contribution is 2.37. The minimum Gasteiger partial charge on any atom is -0.339 e. The molecule has 1 saturated carbocycles. The summed E-state index contributed by atoms with van der Waals surface area (Å²) in [6.07, 6.45) is 3.24. The van der Waals surface area contributed by atoms with Gasteiger partial charge in [-0.1, -0.05) is 11.2 Å². The summed E-state index contributed by atoms with van der Waals surface area (Å²) in [4.78, 5) is 8.48. The molecule has 0 unspecified atom stereocenters. The molecule has 0 bridgehead atoms. The van der Waals surface area contributed by atoms with E-state index in [1.807, 2.05) is 12.1 Å². The molecule has 4 rings (SSSR count). The van der Waals surface area contributed by atoms with Crippen LogP contribution in [0.15, 0.2) is 28.9 Å². The van der Waals surface area contributed by atoms with Crippen molar-refractivity contribution in [2.75, 3.05) is 13.1 Å². The van der Waals surface area contributed by atoms with Crippen LogP contribution < -0.4 is 0 Å². The number of aromatic nitrogens is 3. The molecule has 3 heterocycles. The standard InChI is InChI=1S/C13H14N4O3S/c18-21(19,10-4-5-10)17-7-9(8-17)13-15-12(16-20-13)11-3-1-2-6-14-11/h1-3,6,9-10H,4-5,7-8H2. The molecule has 7 nitrogen and oxygen atoms in total. The van der Waals surface area contributed by atoms with Gasteiger partial charge in [0, 0.05) is 19.3 Å². The SMILES string of the molecule is O=S(=O)(C1CC1)N1CC(c2nc(-c3ccccn3)no2)C1. The minimum atomic E-state index is -3.08. The van der Waals surface area contributed by atoms with E-state index < -0.39 is 10.0 Å². The average molecular weight is 306 g/mol. The van der Waals surface area contributed by atoms with Crippen LogP contribution in [0.4, 0.5) is 0 Å². The van der Waals surface area contributed by atoms with Gasteiger partial charge in [0.05, 0.1) is 11.2 Å². The van der Waals surface area contributed by atoms with Crippen LogP contribution in [0.5, 0.6) is 0 Å². The molecule has 1 aliphatic heterocycles. The summed E-state index contributed by atoms with van der Waals surface area (Å²) in [5.41, 5.74) is 0.647. The predicted molar refractivity (Wildman–Crippen MR) is 73.8 cm³/mol. The Balaban J connectivity index is 1.46. The number of hydrogen-bond donors (Lipinski definition) is 0. The lowest BCUT2D eigenvalue weighted by molar-refractivity contribution is 0.216. The summed E-state index contributed by atoms with van der Waals surface area (Å²) in [5, 5.41) is 3.75. The largest absolute Gasteiger partial charge is 0.339 e. The molecule has 0 aromatic carbocycles. The van der Waals surface area contributed by atoms with E-state index in [0.717, 1.165) is 12.8 Å². The van der Waals surface area contributed by atoms with Crippen molar-refractivity contribution < 1.29 is 12.9 Å². The zero-order valence-corrected chi connectivity index (χ0v) is 12.0. The van der Waals surface area contributed by atoms with Crippen molar-refractivity contribution >= 4 is 10.0 Å².